The van der Waals surface area contributed by atoms with Crippen LogP contribution in [0.3, 0.4) is 0 Å². The fourth-order valence-corrected chi connectivity index (χ4v) is 2.33. The molecule has 1 unspecified atom stereocenters. The van der Waals surface area contributed by atoms with Crippen LogP contribution in [0, 0.1) is 0 Å². The molecule has 0 aromatic rings. The van der Waals surface area contributed by atoms with E-state index in [-0.39, 0.29) is 5.54 Å². The monoisotopic (exact) mass is 227 g/mol. The minimum absolute atomic E-state index is 0.247. The normalized spacial score (nSPS) is 24.9. The van der Waals surface area contributed by atoms with E-state index < -0.39 is 0 Å². The van der Waals surface area contributed by atoms with Gasteiger partial charge >= 0.3 is 0 Å². The minimum Gasteiger partial charge on any atom is -0.311 e. The Morgan fingerprint density at radius 3 is 2.44 bits per heavy atom. The Labute approximate surface area is 101 Å². The van der Waals surface area contributed by atoms with E-state index in [1.54, 1.807) is 0 Å². The largest absolute Gasteiger partial charge is 0.311 e. The van der Waals surface area contributed by atoms with Crippen molar-refractivity contribution in [1.82, 2.24) is 15.1 Å². The van der Waals surface area contributed by atoms with Gasteiger partial charge in [-0.3, -0.25) is 9.80 Å². The van der Waals surface area contributed by atoms with Gasteiger partial charge in [0.05, 0.1) is 0 Å². The Hall–Kier alpha value is -0.120. The second-order valence-electron chi connectivity index (χ2n) is 5.95. The lowest BCUT2D eigenvalue weighted by atomic mass is 10.1. The molecule has 1 N–H and O–H groups in total. The smallest absolute Gasteiger partial charge is 0.0195 e. The highest BCUT2D eigenvalue weighted by atomic mass is 15.3. The van der Waals surface area contributed by atoms with Gasteiger partial charge in [0.2, 0.25) is 0 Å². The van der Waals surface area contributed by atoms with Crippen LogP contribution in [0.5, 0.6) is 0 Å². The first-order chi connectivity index (χ1) is 7.42. The summed E-state index contributed by atoms with van der Waals surface area (Å²) in [6.45, 7) is 18.4. The number of nitrogens with zero attached hydrogens (tertiary/aromatic N) is 2. The van der Waals surface area contributed by atoms with E-state index in [1.807, 2.05) is 0 Å². The predicted molar refractivity (Wildman–Crippen MR) is 70.9 cm³/mol. The van der Waals surface area contributed by atoms with Gasteiger partial charge in [-0.05, 0) is 34.2 Å². The molecular weight excluding hydrogens is 198 g/mol. The molecule has 0 bridgehead atoms. The Bertz CT molecular complexity index is 198. The second-order valence-corrected chi connectivity index (χ2v) is 5.95. The molecule has 3 nitrogen and oxygen atoms in total. The first-order valence-electron chi connectivity index (χ1n) is 6.64. The van der Waals surface area contributed by atoms with Crippen molar-refractivity contribution < 1.29 is 0 Å². The van der Waals surface area contributed by atoms with Crippen LogP contribution in [0.2, 0.25) is 0 Å². The summed E-state index contributed by atoms with van der Waals surface area (Å²) in [6.07, 6.45) is 0. The van der Waals surface area contributed by atoms with Gasteiger partial charge in [-0.15, -0.1) is 0 Å². The number of hydrogen-bond acceptors (Lipinski definition) is 3. The highest BCUT2D eigenvalue weighted by Crippen LogP contribution is 2.08. The van der Waals surface area contributed by atoms with Gasteiger partial charge < -0.3 is 5.32 Å². The van der Waals surface area contributed by atoms with Crippen LogP contribution in [-0.2, 0) is 0 Å². The van der Waals surface area contributed by atoms with Crippen LogP contribution < -0.4 is 5.32 Å². The van der Waals surface area contributed by atoms with Gasteiger partial charge in [0.25, 0.3) is 0 Å². The summed E-state index contributed by atoms with van der Waals surface area (Å²) < 4.78 is 0. The molecule has 1 atom stereocenters. The molecule has 0 aromatic heterocycles. The van der Waals surface area contributed by atoms with Gasteiger partial charge in [0.15, 0.2) is 0 Å². The third-order valence-electron chi connectivity index (χ3n) is 3.34. The zero-order valence-electron chi connectivity index (χ0n) is 11.7. The third-order valence-corrected chi connectivity index (χ3v) is 3.34. The van der Waals surface area contributed by atoms with Crippen molar-refractivity contribution in [3.8, 4) is 0 Å². The van der Waals surface area contributed by atoms with E-state index in [0.717, 1.165) is 6.54 Å². The number of rotatable bonds is 4. The molecule has 0 saturated carbocycles. The fraction of sp³-hybridized carbons (Fsp3) is 1.00. The van der Waals surface area contributed by atoms with Crippen molar-refractivity contribution in [1.29, 1.82) is 0 Å². The molecule has 0 radical (unpaired) electrons. The van der Waals surface area contributed by atoms with Gasteiger partial charge in [-0.25, -0.2) is 0 Å². The molecule has 1 saturated heterocycles. The molecule has 1 rings (SSSR count). The quantitative estimate of drug-likeness (QED) is 0.783. The Balaban J connectivity index is 2.20. The molecular formula is C13H29N3. The van der Waals surface area contributed by atoms with Crippen LogP contribution in [0.1, 0.15) is 34.6 Å². The summed E-state index contributed by atoms with van der Waals surface area (Å²) in [5.74, 6) is 0. The van der Waals surface area contributed by atoms with Crippen molar-refractivity contribution in [3.63, 3.8) is 0 Å². The molecule has 0 aliphatic carbocycles. The van der Waals surface area contributed by atoms with E-state index >= 15 is 0 Å². The van der Waals surface area contributed by atoms with Crippen molar-refractivity contribution >= 4 is 0 Å². The van der Waals surface area contributed by atoms with Crippen LogP contribution in [-0.4, -0.2) is 60.6 Å². The fourth-order valence-electron chi connectivity index (χ4n) is 2.33. The molecule has 1 aliphatic rings. The number of likely N-dealkylation sites (N-methyl/N-ethyl adjacent to an activating group) is 1. The average Bonchev–Trinajstić information content (AvgIpc) is 2.16. The van der Waals surface area contributed by atoms with Crippen molar-refractivity contribution in [3.05, 3.63) is 0 Å². The summed E-state index contributed by atoms with van der Waals surface area (Å²) in [4.78, 5) is 5.14. The van der Waals surface area contributed by atoms with Crippen LogP contribution in [0.15, 0.2) is 0 Å². The maximum absolute atomic E-state index is 3.55. The molecule has 1 fully saturated rings. The van der Waals surface area contributed by atoms with E-state index in [1.165, 1.54) is 32.7 Å². The maximum Gasteiger partial charge on any atom is 0.0195 e. The topological polar surface area (TPSA) is 18.5 Å². The highest BCUT2D eigenvalue weighted by Gasteiger charge is 2.21. The van der Waals surface area contributed by atoms with E-state index in [0.29, 0.717) is 6.04 Å². The first kappa shape index (κ1) is 13.9. The zero-order valence-corrected chi connectivity index (χ0v) is 11.7. The standard InChI is InChI=1S/C13H29N3/c1-6-16-10-9-15(11-12(16)2)8-7-14-13(3,4)5/h12,14H,6-11H2,1-5H3. The molecule has 3 heteroatoms. The lowest BCUT2D eigenvalue weighted by molar-refractivity contribution is 0.0875. The van der Waals surface area contributed by atoms with E-state index in [4.69, 9.17) is 0 Å². The Morgan fingerprint density at radius 1 is 1.25 bits per heavy atom. The molecule has 0 aromatic carbocycles. The van der Waals surface area contributed by atoms with Crippen molar-refractivity contribution in [2.24, 2.45) is 0 Å². The minimum atomic E-state index is 0.247. The zero-order chi connectivity index (χ0) is 12.2. The Kier molecular flexibility index (Phi) is 5.22. The maximum atomic E-state index is 3.55. The molecule has 16 heavy (non-hydrogen) atoms. The Morgan fingerprint density at radius 2 is 1.94 bits per heavy atom. The lowest BCUT2D eigenvalue weighted by Gasteiger charge is -2.39. The predicted octanol–water partition coefficient (Wildman–Crippen LogP) is 1.40. The average molecular weight is 227 g/mol. The summed E-state index contributed by atoms with van der Waals surface area (Å²) in [5, 5.41) is 3.55. The number of piperazine rings is 1. The molecule has 0 amide bonds. The highest BCUT2D eigenvalue weighted by molar-refractivity contribution is 4.79. The van der Waals surface area contributed by atoms with Gasteiger partial charge in [0, 0.05) is 44.3 Å². The summed E-state index contributed by atoms with van der Waals surface area (Å²) in [7, 11) is 0. The SMILES string of the molecule is CCN1CCN(CCNC(C)(C)C)CC1C. The molecule has 1 aliphatic heterocycles. The summed E-state index contributed by atoms with van der Waals surface area (Å²) in [5.41, 5.74) is 0.247. The van der Waals surface area contributed by atoms with Gasteiger partial charge in [-0.2, -0.15) is 0 Å². The van der Waals surface area contributed by atoms with Crippen LogP contribution in [0.25, 0.3) is 0 Å². The third kappa shape index (κ3) is 4.81. The molecule has 0 spiro atoms. The van der Waals surface area contributed by atoms with Crippen LogP contribution >= 0.6 is 0 Å². The van der Waals surface area contributed by atoms with Gasteiger partial charge in [0.1, 0.15) is 0 Å². The number of hydrogen-bond donors (Lipinski definition) is 1. The van der Waals surface area contributed by atoms with Gasteiger partial charge in [-0.1, -0.05) is 6.92 Å². The van der Waals surface area contributed by atoms with Crippen LogP contribution in [0.4, 0.5) is 0 Å². The summed E-state index contributed by atoms with van der Waals surface area (Å²) >= 11 is 0. The van der Waals surface area contributed by atoms with E-state index in [2.05, 4.69) is 49.7 Å². The second kappa shape index (κ2) is 5.99. The number of nitrogens with one attached hydrogen (secondary N) is 1. The molecule has 1 heterocycles. The molecule has 96 valence electrons. The first-order valence-corrected chi connectivity index (χ1v) is 6.64. The lowest BCUT2D eigenvalue weighted by Crippen LogP contribution is -2.53. The van der Waals surface area contributed by atoms with Crippen molar-refractivity contribution in [2.45, 2.75) is 46.2 Å². The van der Waals surface area contributed by atoms with Crippen molar-refractivity contribution in [2.75, 3.05) is 39.3 Å². The van der Waals surface area contributed by atoms with E-state index in [9.17, 15) is 0 Å². The summed E-state index contributed by atoms with van der Waals surface area (Å²) in [6, 6.07) is 0.716.